The van der Waals surface area contributed by atoms with Crippen LogP contribution in [0.25, 0.3) is 0 Å². The van der Waals surface area contributed by atoms with Crippen molar-refractivity contribution in [3.8, 4) is 11.5 Å². The van der Waals surface area contributed by atoms with Gasteiger partial charge in [-0.2, -0.15) is 4.31 Å². The molecule has 2 amide bonds. The van der Waals surface area contributed by atoms with Crippen molar-refractivity contribution in [2.24, 2.45) is 0 Å². The van der Waals surface area contributed by atoms with Crippen LogP contribution in [0.5, 0.6) is 11.5 Å². The number of benzene rings is 1. The van der Waals surface area contributed by atoms with Crippen molar-refractivity contribution < 1.29 is 36.6 Å². The van der Waals surface area contributed by atoms with Crippen LogP contribution in [0.3, 0.4) is 0 Å². The molecule has 1 saturated heterocycles. The van der Waals surface area contributed by atoms with Gasteiger partial charge < -0.3 is 29.3 Å². The van der Waals surface area contributed by atoms with Crippen LogP contribution in [-0.4, -0.2) is 70.2 Å². The van der Waals surface area contributed by atoms with E-state index in [9.17, 15) is 18.0 Å². The van der Waals surface area contributed by atoms with Gasteiger partial charge in [-0.1, -0.05) is 0 Å². The Kier molecular flexibility index (Phi) is 7.16. The molecule has 178 valence electrons. The third kappa shape index (κ3) is 5.46. The van der Waals surface area contributed by atoms with E-state index in [0.29, 0.717) is 49.9 Å². The van der Waals surface area contributed by atoms with Crippen LogP contribution >= 0.6 is 0 Å². The Hall–Kier alpha value is -3.09. The number of nitrogens with zero attached hydrogens (tertiary/aromatic N) is 1. The Labute approximate surface area is 191 Å². The van der Waals surface area contributed by atoms with Gasteiger partial charge in [0.25, 0.3) is 0 Å². The topological polar surface area (TPSA) is 136 Å². The molecule has 1 atom stereocenters. The predicted octanol–water partition coefficient (Wildman–Crippen LogP) is 0.263. The fraction of sp³-hybridized carbons (Fsp3) is 0.429. The fourth-order valence-electron chi connectivity index (χ4n) is 3.52. The van der Waals surface area contributed by atoms with Crippen LogP contribution < -0.4 is 20.1 Å². The smallest absolute Gasteiger partial charge is 0.309 e. The lowest BCUT2D eigenvalue weighted by Gasteiger charge is -2.34. The van der Waals surface area contributed by atoms with Crippen molar-refractivity contribution in [3.63, 3.8) is 0 Å². The van der Waals surface area contributed by atoms with Crippen molar-refractivity contribution in [2.75, 3.05) is 39.5 Å². The summed E-state index contributed by atoms with van der Waals surface area (Å²) in [5.74, 6) is -0.168. The molecule has 4 rings (SSSR count). The molecule has 0 radical (unpaired) electrons. The molecular weight excluding hydrogens is 454 g/mol. The number of nitrogens with one attached hydrogen (secondary N) is 2. The molecule has 1 aromatic carbocycles. The second-order valence-corrected chi connectivity index (χ2v) is 9.29. The average molecular weight is 480 g/mol. The first-order chi connectivity index (χ1) is 15.9. The van der Waals surface area contributed by atoms with Gasteiger partial charge in [-0.15, -0.1) is 0 Å². The highest BCUT2D eigenvalue weighted by atomic mass is 32.2. The van der Waals surface area contributed by atoms with Crippen LogP contribution in [0.15, 0.2) is 45.9 Å². The number of carbonyl (C=O) groups is 2. The van der Waals surface area contributed by atoms with Gasteiger partial charge >= 0.3 is 11.8 Å². The molecule has 0 saturated carbocycles. The Bertz CT molecular complexity index is 1090. The van der Waals surface area contributed by atoms with Crippen LogP contribution in [0.2, 0.25) is 0 Å². The quantitative estimate of drug-likeness (QED) is 0.540. The maximum Gasteiger partial charge on any atom is 0.309 e. The van der Waals surface area contributed by atoms with Crippen LogP contribution in [0.1, 0.15) is 12.2 Å². The molecule has 0 spiro atoms. The molecule has 3 heterocycles. The Morgan fingerprint density at radius 2 is 1.82 bits per heavy atom. The monoisotopic (exact) mass is 479 g/mol. The second-order valence-electron chi connectivity index (χ2n) is 7.40. The number of furan rings is 1. The van der Waals surface area contributed by atoms with E-state index >= 15 is 0 Å². The number of hydrogen-bond donors (Lipinski definition) is 2. The van der Waals surface area contributed by atoms with Gasteiger partial charge in [-0.05, 0) is 30.7 Å². The van der Waals surface area contributed by atoms with E-state index in [1.54, 1.807) is 18.2 Å². The van der Waals surface area contributed by atoms with E-state index in [0.717, 1.165) is 0 Å². The number of hydrogen-bond acceptors (Lipinski definition) is 8. The van der Waals surface area contributed by atoms with Gasteiger partial charge in [0, 0.05) is 25.6 Å². The zero-order valence-electron chi connectivity index (χ0n) is 17.8. The summed E-state index contributed by atoms with van der Waals surface area (Å²) in [6.07, 6.45) is 1.52. The van der Waals surface area contributed by atoms with Gasteiger partial charge in [-0.3, -0.25) is 9.59 Å². The largest absolute Gasteiger partial charge is 0.486 e. The Balaban J connectivity index is 1.35. The summed E-state index contributed by atoms with van der Waals surface area (Å²) in [7, 11) is -3.94. The molecule has 33 heavy (non-hydrogen) atoms. The molecule has 1 aromatic heterocycles. The lowest BCUT2D eigenvalue weighted by atomic mass is 10.3. The summed E-state index contributed by atoms with van der Waals surface area (Å²) in [4.78, 5) is 24.2. The molecule has 0 bridgehead atoms. The number of amides is 2. The van der Waals surface area contributed by atoms with E-state index in [2.05, 4.69) is 10.6 Å². The molecule has 2 aliphatic rings. The molecule has 2 aromatic rings. The molecule has 12 heteroatoms. The van der Waals surface area contributed by atoms with Crippen molar-refractivity contribution in [3.05, 3.63) is 42.4 Å². The number of carbonyl (C=O) groups excluding carboxylic acids is 2. The maximum atomic E-state index is 13.3. The van der Waals surface area contributed by atoms with Crippen molar-refractivity contribution in [1.82, 2.24) is 14.9 Å². The molecule has 0 unspecified atom stereocenters. The highest BCUT2D eigenvalue weighted by Crippen LogP contribution is 2.34. The highest BCUT2D eigenvalue weighted by Gasteiger charge is 2.35. The standard InChI is InChI=1S/C21H25N3O8S/c25-20(22-7-6-15-3-1-9-29-15)21(26)23-14-19-24(8-2-10-32-19)33(27,28)16-4-5-17-18(13-16)31-12-11-30-17/h1,3-5,9,13,19H,2,6-8,10-12,14H2,(H,22,25)(H,23,26)/t19-/m1/s1. The second kappa shape index (κ2) is 10.2. The van der Waals surface area contributed by atoms with Gasteiger partial charge in [0.1, 0.15) is 25.2 Å². The van der Waals surface area contributed by atoms with Gasteiger partial charge in [0.2, 0.25) is 10.0 Å². The van der Waals surface area contributed by atoms with Crippen LogP contribution in [-0.2, 0) is 30.8 Å². The third-order valence-electron chi connectivity index (χ3n) is 5.16. The number of rotatable bonds is 7. The van der Waals surface area contributed by atoms with Crippen LogP contribution in [0, 0.1) is 0 Å². The third-order valence-corrected chi connectivity index (χ3v) is 7.04. The Morgan fingerprint density at radius 3 is 2.61 bits per heavy atom. The van der Waals surface area contributed by atoms with Gasteiger partial charge in [-0.25, -0.2) is 8.42 Å². The lowest BCUT2D eigenvalue weighted by Crippen LogP contribution is -2.53. The van der Waals surface area contributed by atoms with Crippen molar-refractivity contribution in [2.45, 2.75) is 24.0 Å². The van der Waals surface area contributed by atoms with Crippen molar-refractivity contribution in [1.29, 1.82) is 0 Å². The van der Waals surface area contributed by atoms with Crippen LogP contribution in [0.4, 0.5) is 0 Å². The fourth-order valence-corrected chi connectivity index (χ4v) is 5.10. The van der Waals surface area contributed by atoms with E-state index < -0.39 is 28.1 Å². The first kappa shape index (κ1) is 23.1. The normalized spacial score (nSPS) is 18.5. The first-order valence-electron chi connectivity index (χ1n) is 10.6. The maximum absolute atomic E-state index is 13.3. The lowest BCUT2D eigenvalue weighted by molar-refractivity contribution is -0.140. The summed E-state index contributed by atoms with van der Waals surface area (Å²) in [6.45, 7) is 1.34. The minimum absolute atomic E-state index is 0.0317. The van der Waals surface area contributed by atoms with E-state index in [1.807, 2.05) is 0 Å². The molecule has 11 nitrogen and oxygen atoms in total. The molecule has 1 fully saturated rings. The van der Waals surface area contributed by atoms with Crippen molar-refractivity contribution >= 4 is 21.8 Å². The predicted molar refractivity (Wildman–Crippen MR) is 114 cm³/mol. The summed E-state index contributed by atoms with van der Waals surface area (Å²) < 4.78 is 49.4. The molecule has 0 aliphatic carbocycles. The zero-order chi connectivity index (χ0) is 23.3. The summed E-state index contributed by atoms with van der Waals surface area (Å²) >= 11 is 0. The van der Waals surface area contributed by atoms with Gasteiger partial charge in [0.05, 0.1) is 24.3 Å². The highest BCUT2D eigenvalue weighted by molar-refractivity contribution is 7.89. The minimum Gasteiger partial charge on any atom is -0.486 e. The number of sulfonamides is 1. The summed E-state index contributed by atoms with van der Waals surface area (Å²) in [5, 5.41) is 4.94. The summed E-state index contributed by atoms with van der Waals surface area (Å²) in [6, 6.07) is 7.91. The number of fused-ring (bicyclic) bond motifs is 1. The Morgan fingerprint density at radius 1 is 1.03 bits per heavy atom. The van der Waals surface area contributed by atoms with E-state index in [-0.39, 0.29) is 24.5 Å². The molecule has 2 N–H and O–H groups in total. The molecular formula is C21H25N3O8S. The SMILES string of the molecule is O=C(NCCc1ccco1)C(=O)NC[C@H]1OCCCN1S(=O)(=O)c1ccc2c(c1)OCCO2. The first-order valence-corrected chi connectivity index (χ1v) is 12.0. The molecule has 2 aliphatic heterocycles. The minimum atomic E-state index is -3.94. The average Bonchev–Trinajstić information content (AvgIpc) is 3.36. The van der Waals surface area contributed by atoms with E-state index in [4.69, 9.17) is 18.6 Å². The zero-order valence-corrected chi connectivity index (χ0v) is 18.6. The summed E-state index contributed by atoms with van der Waals surface area (Å²) in [5.41, 5.74) is 0. The number of ether oxygens (including phenoxy) is 3. The van der Waals surface area contributed by atoms with E-state index in [1.165, 1.54) is 22.7 Å². The van der Waals surface area contributed by atoms with Gasteiger partial charge in [0.15, 0.2) is 11.5 Å².